The summed E-state index contributed by atoms with van der Waals surface area (Å²) >= 11 is 0. The van der Waals surface area contributed by atoms with Crippen molar-refractivity contribution >= 4 is 22.4 Å². The topological polar surface area (TPSA) is 57.2 Å². The molecule has 3 aromatic rings. The van der Waals surface area contributed by atoms with Crippen molar-refractivity contribution in [3.8, 4) is 0 Å². The lowest BCUT2D eigenvalue weighted by Crippen LogP contribution is -2.42. The molecule has 1 aliphatic heterocycles. The van der Waals surface area contributed by atoms with E-state index in [-0.39, 0.29) is 6.04 Å². The maximum atomic E-state index is 4.78. The number of benzene rings is 1. The molecule has 1 N–H and O–H groups in total. The monoisotopic (exact) mass is 418 g/mol. The van der Waals surface area contributed by atoms with E-state index in [2.05, 4.69) is 84.4 Å². The third kappa shape index (κ3) is 4.35. The number of rotatable bonds is 5. The van der Waals surface area contributed by atoms with Gasteiger partial charge in [0, 0.05) is 36.1 Å². The third-order valence-corrected chi connectivity index (χ3v) is 6.82. The molecule has 1 aliphatic rings. The largest absolute Gasteiger partial charge is 0.362 e. The molecule has 164 valence electrons. The lowest BCUT2D eigenvalue weighted by Gasteiger charge is -2.36. The van der Waals surface area contributed by atoms with Crippen molar-refractivity contribution in [2.45, 2.75) is 52.6 Å². The molecule has 2 aromatic heterocycles. The van der Waals surface area contributed by atoms with Crippen LogP contribution in [0.1, 0.15) is 48.2 Å². The van der Waals surface area contributed by atoms with Crippen LogP contribution in [0, 0.1) is 20.8 Å². The van der Waals surface area contributed by atoms with Gasteiger partial charge in [-0.15, -0.1) is 5.10 Å². The number of fused-ring (bicyclic) bond motifs is 1. The summed E-state index contributed by atoms with van der Waals surface area (Å²) in [5, 5.41) is 14.7. The Morgan fingerprint density at radius 1 is 1.06 bits per heavy atom. The van der Waals surface area contributed by atoms with Gasteiger partial charge in [-0.25, -0.2) is 4.98 Å². The zero-order chi connectivity index (χ0) is 22.1. The smallest absolute Gasteiger partial charge is 0.157 e. The minimum atomic E-state index is 0.132. The summed E-state index contributed by atoms with van der Waals surface area (Å²) in [5.74, 6) is 1.85. The predicted octanol–water partition coefficient (Wildman–Crippen LogP) is 4.65. The number of nitrogens with zero attached hydrogens (tertiary/aromatic N) is 5. The van der Waals surface area contributed by atoms with E-state index in [0.717, 1.165) is 54.0 Å². The van der Waals surface area contributed by atoms with Crippen LogP contribution in [0.25, 0.3) is 10.8 Å². The maximum Gasteiger partial charge on any atom is 0.157 e. The predicted molar refractivity (Wildman–Crippen MR) is 129 cm³/mol. The fourth-order valence-corrected chi connectivity index (χ4v) is 4.58. The number of nitrogens with one attached hydrogen (secondary N) is 1. The van der Waals surface area contributed by atoms with Crippen LogP contribution in [0.2, 0.25) is 0 Å². The molecule has 1 aromatic carbocycles. The van der Waals surface area contributed by atoms with E-state index in [1.54, 1.807) is 0 Å². The first kappa shape index (κ1) is 21.5. The SMILES string of the molecule is Cc1cccc([C@@H](C)Nc2nnc(C)c3cnc(N4CCC(N(C)C)CC4)cc23)c1C. The summed E-state index contributed by atoms with van der Waals surface area (Å²) in [6, 6.07) is 9.43. The summed E-state index contributed by atoms with van der Waals surface area (Å²) in [4.78, 5) is 9.51. The van der Waals surface area contributed by atoms with Gasteiger partial charge in [-0.05, 0) is 77.4 Å². The van der Waals surface area contributed by atoms with Gasteiger partial charge in [0.1, 0.15) is 5.82 Å². The molecule has 1 atom stereocenters. The molecule has 31 heavy (non-hydrogen) atoms. The number of piperidine rings is 1. The van der Waals surface area contributed by atoms with Crippen molar-refractivity contribution in [2.75, 3.05) is 37.4 Å². The van der Waals surface area contributed by atoms with E-state index in [1.807, 2.05) is 13.1 Å². The Morgan fingerprint density at radius 2 is 1.81 bits per heavy atom. The molecule has 0 bridgehead atoms. The molecule has 1 fully saturated rings. The zero-order valence-electron chi connectivity index (χ0n) is 19.6. The fraction of sp³-hybridized carbons (Fsp3) is 0.480. The first-order valence-corrected chi connectivity index (χ1v) is 11.2. The van der Waals surface area contributed by atoms with Crippen LogP contribution < -0.4 is 10.2 Å². The lowest BCUT2D eigenvalue weighted by atomic mass is 9.98. The Bertz CT molecular complexity index is 1070. The number of anilines is 2. The minimum absolute atomic E-state index is 0.132. The molecule has 3 heterocycles. The van der Waals surface area contributed by atoms with Gasteiger partial charge in [0.2, 0.25) is 0 Å². The first-order chi connectivity index (χ1) is 14.8. The van der Waals surface area contributed by atoms with Crippen LogP contribution in [0.15, 0.2) is 30.5 Å². The van der Waals surface area contributed by atoms with Crippen LogP contribution in [-0.4, -0.2) is 53.3 Å². The van der Waals surface area contributed by atoms with Gasteiger partial charge in [-0.1, -0.05) is 18.2 Å². The Balaban J connectivity index is 1.64. The number of pyridine rings is 1. The molecule has 1 saturated heterocycles. The second-order valence-electron chi connectivity index (χ2n) is 9.06. The highest BCUT2D eigenvalue weighted by Gasteiger charge is 2.22. The molecule has 4 rings (SSSR count). The highest BCUT2D eigenvalue weighted by atomic mass is 15.2. The number of aromatic nitrogens is 3. The van der Waals surface area contributed by atoms with Crippen LogP contribution in [0.4, 0.5) is 11.6 Å². The van der Waals surface area contributed by atoms with Gasteiger partial charge in [0.05, 0.1) is 11.7 Å². The van der Waals surface area contributed by atoms with E-state index in [0.29, 0.717) is 6.04 Å². The highest BCUT2D eigenvalue weighted by Crippen LogP contribution is 2.31. The maximum absolute atomic E-state index is 4.78. The van der Waals surface area contributed by atoms with E-state index < -0.39 is 0 Å². The van der Waals surface area contributed by atoms with Crippen LogP contribution in [0.5, 0.6) is 0 Å². The highest BCUT2D eigenvalue weighted by molar-refractivity contribution is 5.94. The minimum Gasteiger partial charge on any atom is -0.362 e. The van der Waals surface area contributed by atoms with Crippen LogP contribution >= 0.6 is 0 Å². The number of aryl methyl sites for hydroxylation is 2. The molecule has 6 nitrogen and oxygen atoms in total. The van der Waals surface area contributed by atoms with Gasteiger partial charge in [-0.2, -0.15) is 5.10 Å². The third-order valence-electron chi connectivity index (χ3n) is 6.82. The molecule has 0 amide bonds. The standard InChI is InChI=1S/C25H34N6/c1-16-8-7-9-21(17(16)2)18(3)27-25-22-14-24(26-15-23(22)19(4)28-29-25)31-12-10-20(11-13-31)30(5)6/h7-9,14-15,18,20H,10-13H2,1-6H3,(H,27,29)/t18-/m1/s1. The summed E-state index contributed by atoms with van der Waals surface area (Å²) < 4.78 is 0. The molecule has 6 heteroatoms. The van der Waals surface area contributed by atoms with Crippen molar-refractivity contribution in [1.82, 2.24) is 20.1 Å². The van der Waals surface area contributed by atoms with Crippen molar-refractivity contribution in [3.63, 3.8) is 0 Å². The Hall–Kier alpha value is -2.73. The lowest BCUT2D eigenvalue weighted by molar-refractivity contribution is 0.249. The van der Waals surface area contributed by atoms with E-state index in [4.69, 9.17) is 4.98 Å². The van der Waals surface area contributed by atoms with E-state index in [9.17, 15) is 0 Å². The second kappa shape index (κ2) is 8.79. The second-order valence-corrected chi connectivity index (χ2v) is 9.06. The molecular formula is C25H34N6. The summed E-state index contributed by atoms with van der Waals surface area (Å²) in [6.45, 7) is 10.6. The van der Waals surface area contributed by atoms with Gasteiger partial charge in [0.15, 0.2) is 5.82 Å². The van der Waals surface area contributed by atoms with Gasteiger partial charge in [0.25, 0.3) is 0 Å². The number of hydrogen-bond donors (Lipinski definition) is 1. The molecule has 0 saturated carbocycles. The summed E-state index contributed by atoms with van der Waals surface area (Å²) in [6.07, 6.45) is 4.28. The summed E-state index contributed by atoms with van der Waals surface area (Å²) in [5.41, 5.74) is 4.82. The number of hydrogen-bond acceptors (Lipinski definition) is 6. The Kier molecular flexibility index (Phi) is 6.10. The van der Waals surface area contributed by atoms with Crippen LogP contribution in [0.3, 0.4) is 0 Å². The fourth-order valence-electron chi connectivity index (χ4n) is 4.58. The Labute approximate surface area is 185 Å². The van der Waals surface area contributed by atoms with Gasteiger partial charge < -0.3 is 15.1 Å². The summed E-state index contributed by atoms with van der Waals surface area (Å²) in [7, 11) is 4.34. The van der Waals surface area contributed by atoms with Crippen LogP contribution in [-0.2, 0) is 0 Å². The molecular weight excluding hydrogens is 384 g/mol. The van der Waals surface area contributed by atoms with E-state index in [1.165, 1.54) is 16.7 Å². The van der Waals surface area contributed by atoms with Gasteiger partial charge >= 0.3 is 0 Å². The average molecular weight is 419 g/mol. The van der Waals surface area contributed by atoms with Crippen molar-refractivity contribution in [1.29, 1.82) is 0 Å². The average Bonchev–Trinajstić information content (AvgIpc) is 2.77. The Morgan fingerprint density at radius 3 is 2.52 bits per heavy atom. The van der Waals surface area contributed by atoms with Crippen molar-refractivity contribution in [3.05, 3.63) is 52.8 Å². The first-order valence-electron chi connectivity index (χ1n) is 11.2. The molecule has 0 radical (unpaired) electrons. The zero-order valence-corrected chi connectivity index (χ0v) is 19.6. The quantitative estimate of drug-likeness (QED) is 0.651. The molecule has 0 unspecified atom stereocenters. The molecule has 0 spiro atoms. The van der Waals surface area contributed by atoms with Gasteiger partial charge in [-0.3, -0.25) is 0 Å². The van der Waals surface area contributed by atoms with E-state index >= 15 is 0 Å². The molecule has 0 aliphatic carbocycles. The normalized spacial score (nSPS) is 16.2. The van der Waals surface area contributed by atoms with Crippen molar-refractivity contribution < 1.29 is 0 Å². The van der Waals surface area contributed by atoms with Crippen molar-refractivity contribution in [2.24, 2.45) is 0 Å².